The van der Waals surface area contributed by atoms with Crippen molar-refractivity contribution in [2.45, 2.75) is 6.23 Å². The molecule has 3 rings (SSSR count). The fraction of sp³-hybridized carbons (Fsp3) is 0.188. The van der Waals surface area contributed by atoms with Gasteiger partial charge in [0.05, 0.1) is 6.61 Å². The van der Waals surface area contributed by atoms with E-state index >= 15 is 0 Å². The zero-order chi connectivity index (χ0) is 13.9. The smallest absolute Gasteiger partial charge is 0.256 e. The highest BCUT2D eigenvalue weighted by molar-refractivity contribution is 5.94. The van der Waals surface area contributed by atoms with Crippen LogP contribution in [-0.4, -0.2) is 24.0 Å². The van der Waals surface area contributed by atoms with Gasteiger partial charge in [0, 0.05) is 17.7 Å². The molecular formula is C16H14FNO2. The van der Waals surface area contributed by atoms with Crippen molar-refractivity contribution in [3.05, 3.63) is 71.5 Å². The molecule has 3 nitrogen and oxygen atoms in total. The SMILES string of the molecule is O=C(c1cccc(F)c1)N1CCOC1c1ccccc1. The maximum Gasteiger partial charge on any atom is 0.256 e. The van der Waals surface area contributed by atoms with Crippen LogP contribution in [0.15, 0.2) is 54.6 Å². The first-order chi connectivity index (χ1) is 9.75. The first kappa shape index (κ1) is 12.8. The Morgan fingerprint density at radius 2 is 1.95 bits per heavy atom. The van der Waals surface area contributed by atoms with Crippen molar-refractivity contribution in [1.82, 2.24) is 4.90 Å². The zero-order valence-corrected chi connectivity index (χ0v) is 10.8. The lowest BCUT2D eigenvalue weighted by atomic mass is 10.1. The number of hydrogen-bond donors (Lipinski definition) is 0. The minimum absolute atomic E-state index is 0.212. The van der Waals surface area contributed by atoms with Gasteiger partial charge in [-0.05, 0) is 18.2 Å². The second kappa shape index (κ2) is 5.43. The number of hydrogen-bond acceptors (Lipinski definition) is 2. The lowest BCUT2D eigenvalue weighted by molar-refractivity contribution is 0.0272. The molecule has 1 aliphatic rings. The molecule has 4 heteroatoms. The summed E-state index contributed by atoms with van der Waals surface area (Å²) >= 11 is 0. The van der Waals surface area contributed by atoms with Crippen molar-refractivity contribution in [3.8, 4) is 0 Å². The van der Waals surface area contributed by atoms with E-state index in [1.807, 2.05) is 30.3 Å². The third-order valence-corrected chi connectivity index (χ3v) is 3.31. The largest absolute Gasteiger partial charge is 0.352 e. The van der Waals surface area contributed by atoms with Crippen LogP contribution >= 0.6 is 0 Å². The molecule has 0 aromatic heterocycles. The molecule has 102 valence electrons. The Hall–Kier alpha value is -2.20. The van der Waals surface area contributed by atoms with E-state index in [9.17, 15) is 9.18 Å². The molecule has 0 saturated carbocycles. The fourth-order valence-electron chi connectivity index (χ4n) is 2.36. The van der Waals surface area contributed by atoms with Gasteiger partial charge in [0.25, 0.3) is 5.91 Å². The number of halogens is 1. The second-order valence-electron chi connectivity index (χ2n) is 4.64. The van der Waals surface area contributed by atoms with Gasteiger partial charge in [-0.25, -0.2) is 4.39 Å². The van der Waals surface area contributed by atoms with E-state index in [0.29, 0.717) is 18.7 Å². The predicted molar refractivity (Wildman–Crippen MR) is 72.6 cm³/mol. The van der Waals surface area contributed by atoms with Gasteiger partial charge in [0.2, 0.25) is 0 Å². The third kappa shape index (κ3) is 2.42. The number of carbonyl (C=O) groups is 1. The Bertz CT molecular complexity index is 615. The van der Waals surface area contributed by atoms with Crippen LogP contribution in [-0.2, 0) is 4.74 Å². The number of nitrogens with zero attached hydrogens (tertiary/aromatic N) is 1. The number of benzene rings is 2. The van der Waals surface area contributed by atoms with Crippen LogP contribution in [0.2, 0.25) is 0 Å². The summed E-state index contributed by atoms with van der Waals surface area (Å²) in [6.07, 6.45) is -0.396. The van der Waals surface area contributed by atoms with Crippen molar-refractivity contribution in [2.75, 3.05) is 13.2 Å². The van der Waals surface area contributed by atoms with E-state index in [4.69, 9.17) is 4.74 Å². The molecule has 1 saturated heterocycles. The minimum atomic E-state index is -0.410. The molecule has 1 fully saturated rings. The summed E-state index contributed by atoms with van der Waals surface area (Å²) < 4.78 is 18.9. The third-order valence-electron chi connectivity index (χ3n) is 3.31. The van der Waals surface area contributed by atoms with Gasteiger partial charge in [-0.2, -0.15) is 0 Å². The van der Waals surface area contributed by atoms with E-state index in [1.165, 1.54) is 18.2 Å². The second-order valence-corrected chi connectivity index (χ2v) is 4.64. The normalized spacial score (nSPS) is 18.2. The average molecular weight is 271 g/mol. The molecule has 20 heavy (non-hydrogen) atoms. The van der Waals surface area contributed by atoms with Gasteiger partial charge in [0.1, 0.15) is 5.82 Å². The highest BCUT2D eigenvalue weighted by Crippen LogP contribution is 2.28. The predicted octanol–water partition coefficient (Wildman–Crippen LogP) is 3.00. The van der Waals surface area contributed by atoms with E-state index in [0.717, 1.165) is 5.56 Å². The average Bonchev–Trinajstić information content (AvgIpc) is 2.97. The standard InChI is InChI=1S/C16H14FNO2/c17-14-8-4-7-13(11-14)15(19)18-9-10-20-16(18)12-5-2-1-3-6-12/h1-8,11,16H,9-10H2. The summed E-state index contributed by atoms with van der Waals surface area (Å²) in [4.78, 5) is 14.1. The lowest BCUT2D eigenvalue weighted by Gasteiger charge is -2.23. The van der Waals surface area contributed by atoms with Crippen molar-refractivity contribution >= 4 is 5.91 Å². The van der Waals surface area contributed by atoms with Crippen LogP contribution in [0, 0.1) is 5.82 Å². The van der Waals surface area contributed by atoms with Crippen molar-refractivity contribution in [1.29, 1.82) is 0 Å². The van der Waals surface area contributed by atoms with Crippen LogP contribution in [0.4, 0.5) is 4.39 Å². The Balaban J connectivity index is 1.87. The maximum absolute atomic E-state index is 13.2. The topological polar surface area (TPSA) is 29.5 Å². The summed E-state index contributed by atoms with van der Waals surface area (Å²) in [6, 6.07) is 15.3. The molecule has 0 radical (unpaired) electrons. The van der Waals surface area contributed by atoms with Crippen LogP contribution in [0.5, 0.6) is 0 Å². The molecule has 1 amide bonds. The van der Waals surface area contributed by atoms with Crippen LogP contribution in [0.3, 0.4) is 0 Å². The first-order valence-electron chi connectivity index (χ1n) is 6.49. The van der Waals surface area contributed by atoms with E-state index < -0.39 is 12.0 Å². The zero-order valence-electron chi connectivity index (χ0n) is 10.8. The van der Waals surface area contributed by atoms with E-state index in [2.05, 4.69) is 0 Å². The van der Waals surface area contributed by atoms with Crippen molar-refractivity contribution in [2.24, 2.45) is 0 Å². The summed E-state index contributed by atoms with van der Waals surface area (Å²) in [5.41, 5.74) is 1.27. The highest BCUT2D eigenvalue weighted by Gasteiger charge is 2.31. The Kier molecular flexibility index (Phi) is 3.48. The summed E-state index contributed by atoms with van der Waals surface area (Å²) in [5.74, 6) is -0.622. The number of rotatable bonds is 2. The number of carbonyl (C=O) groups excluding carboxylic acids is 1. The monoisotopic (exact) mass is 271 g/mol. The summed E-state index contributed by atoms with van der Waals surface area (Å²) in [5, 5.41) is 0. The quantitative estimate of drug-likeness (QED) is 0.840. The molecule has 1 unspecified atom stereocenters. The van der Waals surface area contributed by atoms with Crippen molar-refractivity contribution < 1.29 is 13.9 Å². The molecule has 0 N–H and O–H groups in total. The van der Waals surface area contributed by atoms with Crippen LogP contribution in [0.25, 0.3) is 0 Å². The highest BCUT2D eigenvalue weighted by atomic mass is 19.1. The van der Waals surface area contributed by atoms with E-state index in [-0.39, 0.29) is 5.91 Å². The Morgan fingerprint density at radius 3 is 2.70 bits per heavy atom. The van der Waals surface area contributed by atoms with Gasteiger partial charge < -0.3 is 9.64 Å². The van der Waals surface area contributed by atoms with Gasteiger partial charge in [0.15, 0.2) is 6.23 Å². The summed E-state index contributed by atoms with van der Waals surface area (Å²) in [6.45, 7) is 0.996. The lowest BCUT2D eigenvalue weighted by Crippen LogP contribution is -2.31. The number of ether oxygens (including phenoxy) is 1. The molecule has 1 heterocycles. The van der Waals surface area contributed by atoms with Crippen LogP contribution in [0.1, 0.15) is 22.1 Å². The Morgan fingerprint density at radius 1 is 1.15 bits per heavy atom. The molecule has 1 atom stereocenters. The Labute approximate surface area is 116 Å². The van der Waals surface area contributed by atoms with Gasteiger partial charge in [-0.3, -0.25) is 4.79 Å². The molecule has 2 aromatic carbocycles. The van der Waals surface area contributed by atoms with Gasteiger partial charge in [-0.1, -0.05) is 36.4 Å². The first-order valence-corrected chi connectivity index (χ1v) is 6.49. The van der Waals surface area contributed by atoms with Gasteiger partial charge in [-0.15, -0.1) is 0 Å². The molecule has 0 spiro atoms. The molecule has 1 aliphatic heterocycles. The maximum atomic E-state index is 13.2. The summed E-state index contributed by atoms with van der Waals surface area (Å²) in [7, 11) is 0. The van der Waals surface area contributed by atoms with Crippen LogP contribution < -0.4 is 0 Å². The molecule has 2 aromatic rings. The fourth-order valence-corrected chi connectivity index (χ4v) is 2.36. The molecular weight excluding hydrogens is 257 g/mol. The van der Waals surface area contributed by atoms with Crippen molar-refractivity contribution in [3.63, 3.8) is 0 Å². The molecule has 0 aliphatic carbocycles. The van der Waals surface area contributed by atoms with E-state index in [1.54, 1.807) is 11.0 Å². The van der Waals surface area contributed by atoms with Gasteiger partial charge >= 0.3 is 0 Å². The molecule has 0 bridgehead atoms. The minimum Gasteiger partial charge on any atom is -0.352 e. The number of amides is 1.